The zero-order valence-corrected chi connectivity index (χ0v) is 6.72. The normalized spacial score (nSPS) is 7.09. The second kappa shape index (κ2) is 7.24. The minimum atomic E-state index is -1.14. The molecule has 1 N–H and O–H groups in total. The number of carboxylic acids is 1. The van der Waals surface area contributed by atoms with E-state index in [4.69, 9.17) is 5.11 Å². The maximum atomic E-state index is 9.43. The van der Waals surface area contributed by atoms with Crippen LogP contribution in [0.4, 0.5) is 0 Å². The minimum absolute atomic E-state index is 0.833. The van der Waals surface area contributed by atoms with E-state index in [1.807, 2.05) is 0 Å². The Morgan fingerprint density at radius 3 is 1.36 bits per heavy atom. The molecule has 0 aliphatic heterocycles. The molecule has 0 saturated carbocycles. The zero-order chi connectivity index (χ0) is 9.44. The smallest absolute Gasteiger partial charge is 0.327 e. The molecule has 0 fully saturated rings. The standard InChI is InChI=1S/C3H4O2.C2Cl2O2/c1-2-3(4)5;3-1(5)2(4)6/h2H,1H2,(H,4,5);. The molecule has 0 aliphatic rings. The molecule has 0 heterocycles. The molecule has 62 valence electrons. The summed E-state index contributed by atoms with van der Waals surface area (Å²) in [6.07, 6.45) is 0.833. The summed E-state index contributed by atoms with van der Waals surface area (Å²) in [6, 6.07) is 0. The molecule has 0 bridgehead atoms. The highest BCUT2D eigenvalue weighted by atomic mass is 35.5. The molecule has 0 saturated heterocycles. The fraction of sp³-hybridized carbons (Fsp3) is 0. The number of halogens is 2. The van der Waals surface area contributed by atoms with Crippen molar-refractivity contribution in [3.05, 3.63) is 12.7 Å². The lowest BCUT2D eigenvalue weighted by molar-refractivity contribution is -0.131. The van der Waals surface area contributed by atoms with Crippen LogP contribution in [0.1, 0.15) is 0 Å². The second-order valence-electron chi connectivity index (χ2n) is 1.09. The quantitative estimate of drug-likeness (QED) is 0.405. The Bertz CT molecular complexity index is 175. The lowest BCUT2D eigenvalue weighted by Crippen LogP contribution is -1.94. The van der Waals surface area contributed by atoms with Crippen LogP contribution in [0.15, 0.2) is 12.7 Å². The zero-order valence-electron chi connectivity index (χ0n) is 5.21. The van der Waals surface area contributed by atoms with Crippen LogP contribution in [-0.2, 0) is 14.4 Å². The first kappa shape index (κ1) is 12.8. The van der Waals surface area contributed by atoms with Crippen molar-refractivity contribution in [1.82, 2.24) is 0 Å². The number of rotatable bonds is 2. The maximum Gasteiger partial charge on any atom is 0.327 e. The van der Waals surface area contributed by atoms with Crippen molar-refractivity contribution >= 4 is 39.7 Å². The van der Waals surface area contributed by atoms with Gasteiger partial charge in [0.2, 0.25) is 0 Å². The van der Waals surface area contributed by atoms with Gasteiger partial charge in [-0.3, -0.25) is 9.59 Å². The van der Waals surface area contributed by atoms with E-state index in [-0.39, 0.29) is 0 Å². The van der Waals surface area contributed by atoms with Crippen molar-refractivity contribution in [2.24, 2.45) is 0 Å². The van der Waals surface area contributed by atoms with Gasteiger partial charge in [-0.1, -0.05) is 6.58 Å². The summed E-state index contributed by atoms with van der Waals surface area (Å²) in [7, 11) is 0. The number of carbonyl (C=O) groups is 3. The van der Waals surface area contributed by atoms with E-state index in [0.717, 1.165) is 6.08 Å². The molecule has 0 unspecified atom stereocenters. The number of carbonyl (C=O) groups excluding carboxylic acids is 2. The first-order valence-electron chi connectivity index (χ1n) is 2.16. The minimum Gasteiger partial charge on any atom is -0.478 e. The molecule has 0 aromatic rings. The van der Waals surface area contributed by atoms with Crippen LogP contribution >= 0.6 is 23.2 Å². The van der Waals surface area contributed by atoms with Gasteiger partial charge in [-0.2, -0.15) is 0 Å². The Hall–Kier alpha value is -0.870. The van der Waals surface area contributed by atoms with Crippen LogP contribution < -0.4 is 0 Å². The maximum absolute atomic E-state index is 9.43. The van der Waals surface area contributed by atoms with E-state index in [9.17, 15) is 14.4 Å². The van der Waals surface area contributed by atoms with Gasteiger partial charge in [0.1, 0.15) is 0 Å². The molecule has 6 heteroatoms. The predicted molar refractivity (Wildman–Crippen MR) is 39.6 cm³/mol. The Labute approximate surface area is 72.4 Å². The molecule has 0 radical (unpaired) electrons. The van der Waals surface area contributed by atoms with Gasteiger partial charge < -0.3 is 5.11 Å². The number of aliphatic carboxylic acids is 1. The second-order valence-corrected chi connectivity index (χ2v) is 1.78. The van der Waals surface area contributed by atoms with Gasteiger partial charge in [0, 0.05) is 6.08 Å². The van der Waals surface area contributed by atoms with Gasteiger partial charge in [-0.05, 0) is 23.2 Å². The summed E-state index contributed by atoms with van der Waals surface area (Å²) >= 11 is 8.98. The van der Waals surface area contributed by atoms with Gasteiger partial charge in [0.15, 0.2) is 0 Å². The largest absolute Gasteiger partial charge is 0.478 e. The summed E-state index contributed by atoms with van der Waals surface area (Å²) < 4.78 is 0. The predicted octanol–water partition coefficient (Wildman–Crippen LogP) is 0.774. The van der Waals surface area contributed by atoms with Crippen LogP contribution in [0.3, 0.4) is 0 Å². The molecule has 0 aliphatic carbocycles. The highest BCUT2D eigenvalue weighted by Gasteiger charge is 2.01. The molecule has 0 atom stereocenters. The van der Waals surface area contributed by atoms with Gasteiger partial charge in [0.05, 0.1) is 0 Å². The molecule has 0 aromatic carbocycles. The average molecular weight is 199 g/mol. The third-order valence-corrected chi connectivity index (χ3v) is 0.769. The van der Waals surface area contributed by atoms with E-state index in [0.29, 0.717) is 0 Å². The Balaban J connectivity index is 0. The average Bonchev–Trinajstić information content (AvgIpc) is 1.89. The van der Waals surface area contributed by atoms with Crippen molar-refractivity contribution < 1.29 is 19.5 Å². The van der Waals surface area contributed by atoms with E-state index in [1.165, 1.54) is 0 Å². The topological polar surface area (TPSA) is 71.4 Å². The highest BCUT2D eigenvalue weighted by molar-refractivity contribution is 6.97. The van der Waals surface area contributed by atoms with Gasteiger partial charge in [-0.15, -0.1) is 0 Å². The highest BCUT2D eigenvalue weighted by Crippen LogP contribution is 1.84. The first-order chi connectivity index (χ1) is 4.91. The number of carboxylic acid groups (broad SMARTS) is 1. The molecule has 11 heavy (non-hydrogen) atoms. The van der Waals surface area contributed by atoms with Crippen LogP contribution in [0, 0.1) is 0 Å². The van der Waals surface area contributed by atoms with Gasteiger partial charge >= 0.3 is 16.5 Å². The molecule has 0 spiro atoms. The van der Waals surface area contributed by atoms with E-state index < -0.39 is 16.5 Å². The molecule has 4 nitrogen and oxygen atoms in total. The van der Waals surface area contributed by atoms with Crippen molar-refractivity contribution in [3.8, 4) is 0 Å². The Kier molecular flexibility index (Phi) is 8.41. The third kappa shape index (κ3) is 17.6. The van der Waals surface area contributed by atoms with Crippen LogP contribution in [0.2, 0.25) is 0 Å². The van der Waals surface area contributed by atoms with E-state index in [1.54, 1.807) is 0 Å². The summed E-state index contributed by atoms with van der Waals surface area (Å²) in [4.78, 5) is 28.1. The van der Waals surface area contributed by atoms with Gasteiger partial charge in [0.25, 0.3) is 0 Å². The molecule has 0 rings (SSSR count). The molecule has 0 aromatic heterocycles. The van der Waals surface area contributed by atoms with Crippen molar-refractivity contribution in [2.75, 3.05) is 0 Å². The molecule has 0 amide bonds. The first-order valence-corrected chi connectivity index (χ1v) is 2.92. The summed E-state index contributed by atoms with van der Waals surface area (Å²) in [6.45, 7) is 2.96. The molecular weight excluding hydrogens is 195 g/mol. The van der Waals surface area contributed by atoms with Crippen molar-refractivity contribution in [2.45, 2.75) is 0 Å². The van der Waals surface area contributed by atoms with E-state index in [2.05, 4.69) is 29.8 Å². The van der Waals surface area contributed by atoms with Crippen LogP contribution in [-0.4, -0.2) is 21.6 Å². The summed E-state index contributed by atoms with van der Waals surface area (Å²) in [5.74, 6) is -0.981. The Morgan fingerprint density at radius 1 is 1.18 bits per heavy atom. The summed E-state index contributed by atoms with van der Waals surface area (Å²) in [5, 5.41) is 5.32. The fourth-order valence-corrected chi connectivity index (χ4v) is 0. The van der Waals surface area contributed by atoms with Gasteiger partial charge in [-0.25, -0.2) is 4.79 Å². The van der Waals surface area contributed by atoms with Crippen LogP contribution in [0.5, 0.6) is 0 Å². The monoisotopic (exact) mass is 198 g/mol. The van der Waals surface area contributed by atoms with E-state index >= 15 is 0 Å². The van der Waals surface area contributed by atoms with Crippen molar-refractivity contribution in [3.63, 3.8) is 0 Å². The summed E-state index contributed by atoms with van der Waals surface area (Å²) in [5.41, 5.74) is 0. The number of hydrogen-bond acceptors (Lipinski definition) is 3. The third-order valence-electron chi connectivity index (χ3n) is 0.329. The Morgan fingerprint density at radius 2 is 1.36 bits per heavy atom. The SMILES string of the molecule is C=CC(=O)O.O=C(Cl)C(=O)Cl. The lowest BCUT2D eigenvalue weighted by atomic mass is 10.7. The lowest BCUT2D eigenvalue weighted by Gasteiger charge is -1.67. The fourth-order valence-electron chi connectivity index (χ4n) is 0. The molecular formula is C5H4Cl2O4. The van der Waals surface area contributed by atoms with Crippen LogP contribution in [0.25, 0.3) is 0 Å². The number of hydrogen-bond donors (Lipinski definition) is 1. The van der Waals surface area contributed by atoms with Crippen molar-refractivity contribution in [1.29, 1.82) is 0 Å².